The molecule has 0 unspecified atom stereocenters. The minimum atomic E-state index is -0.714. The molecule has 0 fully saturated rings. The van der Waals surface area contributed by atoms with Crippen LogP contribution in [0.15, 0.2) is 59.0 Å². The summed E-state index contributed by atoms with van der Waals surface area (Å²) in [4.78, 5) is 11.9. The summed E-state index contributed by atoms with van der Waals surface area (Å²) in [5, 5.41) is 7.84. The van der Waals surface area contributed by atoms with Crippen molar-refractivity contribution >= 4 is 23.6 Å². The maximum Gasteiger partial charge on any atom is 0.331 e. The van der Waals surface area contributed by atoms with Crippen LogP contribution in [0.25, 0.3) is 17.5 Å². The van der Waals surface area contributed by atoms with Gasteiger partial charge in [0.2, 0.25) is 5.89 Å². The van der Waals surface area contributed by atoms with E-state index in [0.717, 1.165) is 5.56 Å². The Morgan fingerprint density at radius 1 is 1.23 bits per heavy atom. The first kappa shape index (κ1) is 17.8. The van der Waals surface area contributed by atoms with Gasteiger partial charge in [-0.15, -0.1) is 10.2 Å². The number of halogens is 2. The fourth-order valence-corrected chi connectivity index (χ4v) is 2.33. The predicted octanol–water partition coefficient (Wildman–Crippen LogP) is 4.85. The van der Waals surface area contributed by atoms with Crippen molar-refractivity contribution in [2.75, 3.05) is 0 Å². The number of carbonyl (C=O) groups excluding carboxylic acids is 1. The lowest BCUT2D eigenvalue weighted by atomic mass is 10.2. The maximum atomic E-state index is 13.1. The Morgan fingerprint density at radius 2 is 2.00 bits per heavy atom. The minimum Gasteiger partial charge on any atom is -0.449 e. The van der Waals surface area contributed by atoms with Gasteiger partial charge in [0.25, 0.3) is 5.89 Å². The normalized spacial score (nSPS) is 12.3. The van der Waals surface area contributed by atoms with Crippen LogP contribution in [-0.4, -0.2) is 16.2 Å². The Morgan fingerprint density at radius 3 is 2.73 bits per heavy atom. The lowest BCUT2D eigenvalue weighted by Gasteiger charge is -2.06. The molecular weight excluding hydrogens is 359 g/mol. The first-order valence-electron chi connectivity index (χ1n) is 7.75. The highest BCUT2D eigenvalue weighted by molar-refractivity contribution is 6.30. The zero-order chi connectivity index (χ0) is 18.5. The topological polar surface area (TPSA) is 65.2 Å². The van der Waals surface area contributed by atoms with E-state index in [-0.39, 0.29) is 10.9 Å². The van der Waals surface area contributed by atoms with Crippen LogP contribution in [0.5, 0.6) is 0 Å². The van der Waals surface area contributed by atoms with Crippen LogP contribution in [0, 0.1) is 5.82 Å². The van der Waals surface area contributed by atoms with E-state index < -0.39 is 17.9 Å². The molecule has 0 saturated heterocycles. The third kappa shape index (κ3) is 4.34. The average molecular weight is 373 g/mol. The summed E-state index contributed by atoms with van der Waals surface area (Å²) in [5.41, 5.74) is 1.35. The Kier molecular flexibility index (Phi) is 5.43. The molecule has 0 radical (unpaired) electrons. The van der Waals surface area contributed by atoms with E-state index >= 15 is 0 Å². The second kappa shape index (κ2) is 7.93. The molecule has 0 N–H and O–H groups in total. The molecule has 1 aromatic heterocycles. The smallest absolute Gasteiger partial charge is 0.331 e. The molecule has 0 aliphatic rings. The first-order valence-corrected chi connectivity index (χ1v) is 8.13. The van der Waals surface area contributed by atoms with Crippen LogP contribution in [0.1, 0.15) is 24.5 Å². The number of carbonyl (C=O) groups is 1. The Labute approximate surface area is 154 Å². The van der Waals surface area contributed by atoms with Crippen molar-refractivity contribution in [1.82, 2.24) is 10.2 Å². The standard InChI is InChI=1S/C19H14ClFN2O3/c1-12(18-22-23-19(26-18)14-5-3-2-4-6-14)25-17(24)10-8-13-7-9-16(21)15(20)11-13/h2-12H,1H3/b10-8+/t12-/m1/s1. The molecule has 26 heavy (non-hydrogen) atoms. The summed E-state index contributed by atoms with van der Waals surface area (Å²) in [5.74, 6) is -0.585. The maximum absolute atomic E-state index is 13.1. The lowest BCUT2D eigenvalue weighted by molar-refractivity contribution is -0.143. The van der Waals surface area contributed by atoms with E-state index in [2.05, 4.69) is 10.2 Å². The van der Waals surface area contributed by atoms with E-state index in [1.807, 2.05) is 30.3 Å². The molecule has 0 amide bonds. The van der Waals surface area contributed by atoms with Gasteiger partial charge in [0.05, 0.1) is 5.02 Å². The number of esters is 1. The van der Waals surface area contributed by atoms with Gasteiger partial charge in [-0.2, -0.15) is 0 Å². The second-order valence-corrected chi connectivity index (χ2v) is 5.80. The van der Waals surface area contributed by atoms with Gasteiger partial charge in [0.1, 0.15) is 5.82 Å². The van der Waals surface area contributed by atoms with E-state index in [4.69, 9.17) is 20.8 Å². The number of nitrogens with zero attached hydrogens (tertiary/aromatic N) is 2. The van der Waals surface area contributed by atoms with Gasteiger partial charge in [-0.25, -0.2) is 9.18 Å². The number of ether oxygens (including phenoxy) is 1. The summed E-state index contributed by atoms with van der Waals surface area (Å²) in [7, 11) is 0. The van der Waals surface area contributed by atoms with E-state index in [1.54, 1.807) is 6.92 Å². The van der Waals surface area contributed by atoms with Crippen molar-refractivity contribution in [3.63, 3.8) is 0 Å². The number of rotatable bonds is 5. The number of hydrogen-bond donors (Lipinski definition) is 0. The van der Waals surface area contributed by atoms with E-state index in [1.165, 1.54) is 30.4 Å². The van der Waals surface area contributed by atoms with Gasteiger partial charge < -0.3 is 9.15 Å². The van der Waals surface area contributed by atoms with Gasteiger partial charge >= 0.3 is 5.97 Å². The highest BCUT2D eigenvalue weighted by Crippen LogP contribution is 2.22. The molecule has 0 aliphatic carbocycles. The molecule has 0 bridgehead atoms. The van der Waals surface area contributed by atoms with Crippen molar-refractivity contribution in [1.29, 1.82) is 0 Å². The summed E-state index contributed by atoms with van der Waals surface area (Å²) in [6.07, 6.45) is 1.98. The van der Waals surface area contributed by atoms with Crippen LogP contribution in [-0.2, 0) is 9.53 Å². The fraction of sp³-hybridized carbons (Fsp3) is 0.105. The second-order valence-electron chi connectivity index (χ2n) is 5.40. The van der Waals surface area contributed by atoms with Crippen LogP contribution >= 0.6 is 11.6 Å². The van der Waals surface area contributed by atoms with E-state index in [9.17, 15) is 9.18 Å². The van der Waals surface area contributed by atoms with Gasteiger partial charge in [0, 0.05) is 11.6 Å². The van der Waals surface area contributed by atoms with Crippen LogP contribution in [0.2, 0.25) is 5.02 Å². The zero-order valence-electron chi connectivity index (χ0n) is 13.7. The molecule has 0 aliphatic heterocycles. The first-order chi connectivity index (χ1) is 12.5. The molecule has 7 heteroatoms. The number of hydrogen-bond acceptors (Lipinski definition) is 5. The van der Waals surface area contributed by atoms with Crippen LogP contribution < -0.4 is 0 Å². The molecule has 132 valence electrons. The monoisotopic (exact) mass is 372 g/mol. The summed E-state index contributed by atoms with van der Waals surface area (Å²) in [6.45, 7) is 1.63. The molecule has 3 aromatic rings. The Hall–Kier alpha value is -2.99. The molecule has 3 rings (SSSR count). The highest BCUT2D eigenvalue weighted by Gasteiger charge is 2.18. The summed E-state index contributed by atoms with van der Waals surface area (Å²) in [6, 6.07) is 13.4. The molecular formula is C19H14ClFN2O3. The Balaban J connectivity index is 1.63. The fourth-order valence-electron chi connectivity index (χ4n) is 2.14. The number of aromatic nitrogens is 2. The van der Waals surface area contributed by atoms with Gasteiger partial charge in [-0.05, 0) is 42.8 Å². The quantitative estimate of drug-likeness (QED) is 0.473. The SMILES string of the molecule is C[C@@H](OC(=O)/C=C/c1ccc(F)c(Cl)c1)c1nnc(-c2ccccc2)o1. The summed E-state index contributed by atoms with van der Waals surface area (Å²) < 4.78 is 23.9. The van der Waals surface area contributed by atoms with Crippen molar-refractivity contribution in [2.24, 2.45) is 0 Å². The molecule has 0 spiro atoms. The molecule has 0 saturated carbocycles. The third-order valence-corrected chi connectivity index (χ3v) is 3.75. The predicted molar refractivity (Wildman–Crippen MR) is 94.7 cm³/mol. The Bertz CT molecular complexity index is 941. The molecule has 2 aromatic carbocycles. The molecule has 1 atom stereocenters. The van der Waals surface area contributed by atoms with Crippen molar-refractivity contribution in [2.45, 2.75) is 13.0 Å². The van der Waals surface area contributed by atoms with Gasteiger partial charge in [-0.3, -0.25) is 0 Å². The third-order valence-electron chi connectivity index (χ3n) is 3.46. The van der Waals surface area contributed by atoms with Crippen molar-refractivity contribution < 1.29 is 18.3 Å². The average Bonchev–Trinajstić information content (AvgIpc) is 3.14. The summed E-state index contributed by atoms with van der Waals surface area (Å²) >= 11 is 5.69. The van der Waals surface area contributed by atoms with Crippen molar-refractivity contribution in [3.05, 3.63) is 76.9 Å². The van der Waals surface area contributed by atoms with Gasteiger partial charge in [0.15, 0.2) is 6.10 Å². The van der Waals surface area contributed by atoms with Crippen molar-refractivity contribution in [3.8, 4) is 11.5 Å². The zero-order valence-corrected chi connectivity index (χ0v) is 14.5. The van der Waals surface area contributed by atoms with Crippen LogP contribution in [0.3, 0.4) is 0 Å². The van der Waals surface area contributed by atoms with E-state index in [0.29, 0.717) is 11.5 Å². The largest absolute Gasteiger partial charge is 0.449 e. The lowest BCUT2D eigenvalue weighted by Crippen LogP contribution is -2.06. The minimum absolute atomic E-state index is 0.0202. The molecule has 5 nitrogen and oxygen atoms in total. The van der Waals surface area contributed by atoms with Crippen LogP contribution in [0.4, 0.5) is 4.39 Å². The highest BCUT2D eigenvalue weighted by atomic mass is 35.5. The number of benzene rings is 2. The van der Waals surface area contributed by atoms with Gasteiger partial charge in [-0.1, -0.05) is 35.9 Å². The molecule has 1 heterocycles.